The molecule has 2 rings (SSSR count). The van der Waals surface area contributed by atoms with Crippen LogP contribution in [0.4, 0.5) is 0 Å². The van der Waals surface area contributed by atoms with Gasteiger partial charge < -0.3 is 4.74 Å². The molecule has 2 amide bonds. The molecule has 0 atom stereocenters. The van der Waals surface area contributed by atoms with Crippen LogP contribution in [0.1, 0.15) is 37.8 Å². The molecule has 0 aliphatic heterocycles. The Morgan fingerprint density at radius 1 is 1.24 bits per heavy atom. The van der Waals surface area contributed by atoms with Crippen molar-refractivity contribution in [1.29, 1.82) is 0 Å². The molecule has 1 aromatic carbocycles. The Morgan fingerprint density at radius 3 is 2.57 bits per heavy atom. The van der Waals surface area contributed by atoms with Crippen molar-refractivity contribution in [2.45, 2.75) is 33.1 Å². The Labute approximate surface area is 125 Å². The molecule has 4 nitrogen and oxygen atoms in total. The topological polar surface area (TPSA) is 46.6 Å². The van der Waals surface area contributed by atoms with Gasteiger partial charge in [-0.25, -0.2) is 0 Å². The van der Waals surface area contributed by atoms with Gasteiger partial charge in [-0.05, 0) is 48.1 Å². The highest BCUT2D eigenvalue weighted by Gasteiger charge is 2.17. The van der Waals surface area contributed by atoms with Crippen molar-refractivity contribution in [3.8, 4) is 5.75 Å². The third-order valence-electron chi connectivity index (χ3n) is 3.83. The number of ether oxygens (including phenoxy) is 1. The zero-order chi connectivity index (χ0) is 15.4. The van der Waals surface area contributed by atoms with Crippen LogP contribution >= 0.6 is 0 Å². The van der Waals surface area contributed by atoms with Crippen molar-refractivity contribution in [3.05, 3.63) is 35.4 Å². The van der Waals surface area contributed by atoms with Crippen LogP contribution in [0.15, 0.2) is 24.3 Å². The zero-order valence-corrected chi connectivity index (χ0v) is 12.8. The first-order valence-corrected chi connectivity index (χ1v) is 7.18. The standard InChI is InChI=1S/C17H21NO3/c1-12(19)18(13(2)20)10-9-15-6-4-5-14-7-8-16(21-3)11-17(14)15/h6-8,11H,4-5,9-10H2,1-3H3. The highest BCUT2D eigenvalue weighted by atomic mass is 16.5. The van der Waals surface area contributed by atoms with Gasteiger partial charge in [0.05, 0.1) is 7.11 Å². The number of hydrogen-bond acceptors (Lipinski definition) is 3. The van der Waals surface area contributed by atoms with Gasteiger partial charge in [0.15, 0.2) is 0 Å². The summed E-state index contributed by atoms with van der Waals surface area (Å²) in [4.78, 5) is 24.2. The Bertz CT molecular complexity index is 576. The summed E-state index contributed by atoms with van der Waals surface area (Å²) in [5, 5.41) is 0. The van der Waals surface area contributed by atoms with Gasteiger partial charge >= 0.3 is 0 Å². The number of benzene rings is 1. The molecule has 0 N–H and O–H groups in total. The molecule has 112 valence electrons. The summed E-state index contributed by atoms with van der Waals surface area (Å²) in [6.45, 7) is 3.27. The molecular weight excluding hydrogens is 266 g/mol. The molecule has 0 radical (unpaired) electrons. The van der Waals surface area contributed by atoms with Crippen molar-refractivity contribution >= 4 is 17.4 Å². The van der Waals surface area contributed by atoms with Crippen molar-refractivity contribution in [2.24, 2.45) is 0 Å². The first-order chi connectivity index (χ1) is 10.0. The van der Waals surface area contributed by atoms with Crippen LogP contribution in [0, 0.1) is 0 Å². The summed E-state index contributed by atoms with van der Waals surface area (Å²) in [5.74, 6) is 0.422. The molecule has 0 aromatic heterocycles. The van der Waals surface area contributed by atoms with Gasteiger partial charge in [-0.1, -0.05) is 12.1 Å². The fourth-order valence-corrected chi connectivity index (χ4v) is 2.72. The number of imide groups is 1. The number of nitrogens with zero attached hydrogens (tertiary/aromatic N) is 1. The summed E-state index contributed by atoms with van der Waals surface area (Å²) in [7, 11) is 1.65. The molecule has 0 spiro atoms. The van der Waals surface area contributed by atoms with Gasteiger partial charge in [-0.3, -0.25) is 14.5 Å². The monoisotopic (exact) mass is 287 g/mol. The summed E-state index contributed by atoms with van der Waals surface area (Å²) < 4.78 is 5.28. The van der Waals surface area contributed by atoms with Crippen LogP contribution in [0.3, 0.4) is 0 Å². The van der Waals surface area contributed by atoms with Crippen molar-refractivity contribution in [1.82, 2.24) is 4.90 Å². The van der Waals surface area contributed by atoms with Crippen LogP contribution in [0.5, 0.6) is 5.75 Å². The van der Waals surface area contributed by atoms with Crippen LogP contribution in [-0.2, 0) is 16.0 Å². The van der Waals surface area contributed by atoms with Crippen molar-refractivity contribution in [3.63, 3.8) is 0 Å². The van der Waals surface area contributed by atoms with E-state index < -0.39 is 0 Å². The first-order valence-electron chi connectivity index (χ1n) is 7.18. The number of allylic oxidation sites excluding steroid dienone is 1. The number of amides is 2. The quantitative estimate of drug-likeness (QED) is 0.855. The number of carbonyl (C=O) groups is 2. The smallest absolute Gasteiger partial charge is 0.226 e. The average Bonchev–Trinajstić information content (AvgIpc) is 2.46. The molecule has 0 unspecified atom stereocenters. The molecule has 4 heteroatoms. The number of fused-ring (bicyclic) bond motifs is 1. The number of aryl methyl sites for hydroxylation is 1. The molecule has 0 heterocycles. The van der Waals surface area contributed by atoms with Gasteiger partial charge in [0.2, 0.25) is 11.8 Å². The lowest BCUT2D eigenvalue weighted by Gasteiger charge is -2.22. The van der Waals surface area contributed by atoms with Gasteiger partial charge in [-0.15, -0.1) is 0 Å². The minimum Gasteiger partial charge on any atom is -0.497 e. The summed E-state index contributed by atoms with van der Waals surface area (Å²) >= 11 is 0. The van der Waals surface area contributed by atoms with Crippen molar-refractivity contribution in [2.75, 3.05) is 13.7 Å². The second-order valence-electron chi connectivity index (χ2n) is 5.23. The van der Waals surface area contributed by atoms with Crippen LogP contribution in [-0.4, -0.2) is 30.4 Å². The second kappa shape index (κ2) is 6.57. The predicted molar refractivity (Wildman–Crippen MR) is 82.0 cm³/mol. The fraction of sp³-hybridized carbons (Fsp3) is 0.412. The van der Waals surface area contributed by atoms with E-state index in [9.17, 15) is 9.59 Å². The molecular formula is C17H21NO3. The summed E-state index contributed by atoms with van der Waals surface area (Å²) in [5.41, 5.74) is 3.65. The number of hydrogen-bond donors (Lipinski definition) is 0. The van der Waals surface area contributed by atoms with E-state index in [1.807, 2.05) is 12.1 Å². The van der Waals surface area contributed by atoms with Gasteiger partial charge in [-0.2, -0.15) is 0 Å². The lowest BCUT2D eigenvalue weighted by Crippen LogP contribution is -2.34. The molecule has 1 aliphatic rings. The third kappa shape index (κ3) is 3.51. The fourth-order valence-electron chi connectivity index (χ4n) is 2.72. The Kier molecular flexibility index (Phi) is 4.78. The highest BCUT2D eigenvalue weighted by Crippen LogP contribution is 2.31. The van der Waals surface area contributed by atoms with Crippen LogP contribution < -0.4 is 4.74 Å². The van der Waals surface area contributed by atoms with E-state index in [1.54, 1.807) is 7.11 Å². The predicted octanol–water partition coefficient (Wildman–Crippen LogP) is 2.81. The van der Waals surface area contributed by atoms with Crippen molar-refractivity contribution < 1.29 is 14.3 Å². The SMILES string of the molecule is COc1ccc2c(c1)C(CCN(C(C)=O)C(C)=O)=CCC2. The normalized spacial score (nSPS) is 13.2. The average molecular weight is 287 g/mol. The van der Waals surface area contributed by atoms with E-state index in [1.165, 1.54) is 35.4 Å². The Morgan fingerprint density at radius 2 is 1.95 bits per heavy atom. The maximum Gasteiger partial charge on any atom is 0.226 e. The number of rotatable bonds is 4. The third-order valence-corrected chi connectivity index (χ3v) is 3.83. The molecule has 0 saturated heterocycles. The molecule has 0 fully saturated rings. The van der Waals surface area contributed by atoms with E-state index in [2.05, 4.69) is 12.1 Å². The van der Waals surface area contributed by atoms with E-state index >= 15 is 0 Å². The first kappa shape index (κ1) is 15.3. The lowest BCUT2D eigenvalue weighted by atomic mass is 9.89. The Hall–Kier alpha value is -2.10. The lowest BCUT2D eigenvalue weighted by molar-refractivity contribution is -0.141. The van der Waals surface area contributed by atoms with Crippen LogP contribution in [0.2, 0.25) is 0 Å². The van der Waals surface area contributed by atoms with Gasteiger partial charge in [0.1, 0.15) is 5.75 Å². The summed E-state index contributed by atoms with van der Waals surface area (Å²) in [6, 6.07) is 6.10. The van der Waals surface area contributed by atoms with E-state index in [-0.39, 0.29) is 11.8 Å². The van der Waals surface area contributed by atoms with Gasteiger partial charge in [0.25, 0.3) is 0 Å². The highest BCUT2D eigenvalue weighted by molar-refractivity contribution is 5.93. The minimum atomic E-state index is -0.204. The molecule has 1 aromatic rings. The number of carbonyl (C=O) groups excluding carboxylic acids is 2. The van der Waals surface area contributed by atoms with E-state index in [4.69, 9.17) is 4.74 Å². The molecule has 21 heavy (non-hydrogen) atoms. The maximum atomic E-state index is 11.5. The van der Waals surface area contributed by atoms with E-state index in [0.717, 1.165) is 18.6 Å². The molecule has 1 aliphatic carbocycles. The van der Waals surface area contributed by atoms with Gasteiger partial charge in [0, 0.05) is 20.4 Å². The molecule has 0 saturated carbocycles. The summed E-state index contributed by atoms with van der Waals surface area (Å²) in [6.07, 6.45) is 4.89. The number of methoxy groups -OCH3 is 1. The van der Waals surface area contributed by atoms with Crippen LogP contribution in [0.25, 0.3) is 5.57 Å². The largest absolute Gasteiger partial charge is 0.497 e. The molecule has 0 bridgehead atoms. The minimum absolute atomic E-state index is 0.204. The van der Waals surface area contributed by atoms with E-state index in [0.29, 0.717) is 13.0 Å². The second-order valence-corrected chi connectivity index (χ2v) is 5.23. The maximum absolute atomic E-state index is 11.5. The Balaban J connectivity index is 2.17. The zero-order valence-electron chi connectivity index (χ0n) is 12.8.